The van der Waals surface area contributed by atoms with Crippen molar-refractivity contribution in [3.63, 3.8) is 0 Å². The average molecular weight is 334 g/mol. The molecule has 0 spiro atoms. The Balaban J connectivity index is 2.46. The highest BCUT2D eigenvalue weighted by Crippen LogP contribution is 2.37. The SMILES string of the molecule is COc1ccccc1C1N=C(SCC(=O)O)NC(C)=C1C(C)=O. The Morgan fingerprint density at radius 3 is 2.70 bits per heavy atom. The van der Waals surface area contributed by atoms with Gasteiger partial charge < -0.3 is 15.2 Å². The lowest BCUT2D eigenvalue weighted by Crippen LogP contribution is -2.30. The van der Waals surface area contributed by atoms with E-state index in [4.69, 9.17) is 9.84 Å². The number of aliphatic imine (C=N–C) groups is 1. The molecule has 0 aliphatic carbocycles. The van der Waals surface area contributed by atoms with Crippen molar-refractivity contribution in [2.45, 2.75) is 19.9 Å². The molecule has 1 aromatic carbocycles. The quantitative estimate of drug-likeness (QED) is 0.859. The number of carbonyl (C=O) groups excluding carboxylic acids is 1. The normalized spacial score (nSPS) is 17.3. The molecule has 0 amide bonds. The number of nitrogens with zero attached hydrogens (tertiary/aromatic N) is 1. The fourth-order valence-corrected chi connectivity index (χ4v) is 3.09. The molecule has 23 heavy (non-hydrogen) atoms. The molecule has 0 saturated carbocycles. The number of allylic oxidation sites excluding steroid dienone is 1. The van der Waals surface area contributed by atoms with Gasteiger partial charge in [-0.1, -0.05) is 30.0 Å². The molecule has 0 radical (unpaired) electrons. The third kappa shape index (κ3) is 3.92. The number of Topliss-reactive ketones (excluding diaryl/α,β-unsaturated/α-hetero) is 1. The molecule has 0 bridgehead atoms. The first-order valence-electron chi connectivity index (χ1n) is 6.98. The number of hydrogen-bond donors (Lipinski definition) is 2. The summed E-state index contributed by atoms with van der Waals surface area (Å²) < 4.78 is 5.37. The summed E-state index contributed by atoms with van der Waals surface area (Å²) in [5, 5.41) is 12.3. The summed E-state index contributed by atoms with van der Waals surface area (Å²) in [6, 6.07) is 6.85. The van der Waals surface area contributed by atoms with E-state index in [1.807, 2.05) is 24.3 Å². The van der Waals surface area contributed by atoms with Crippen LogP contribution in [0.25, 0.3) is 0 Å². The van der Waals surface area contributed by atoms with E-state index >= 15 is 0 Å². The van der Waals surface area contributed by atoms with Gasteiger partial charge in [0.05, 0.1) is 12.9 Å². The predicted molar refractivity (Wildman–Crippen MR) is 89.8 cm³/mol. The number of amidine groups is 1. The third-order valence-electron chi connectivity index (χ3n) is 3.36. The van der Waals surface area contributed by atoms with Crippen LogP contribution >= 0.6 is 11.8 Å². The van der Waals surface area contributed by atoms with Crippen molar-refractivity contribution >= 4 is 28.7 Å². The maximum absolute atomic E-state index is 12.1. The molecule has 0 fully saturated rings. The van der Waals surface area contributed by atoms with Crippen LogP contribution in [0.3, 0.4) is 0 Å². The fourth-order valence-electron chi connectivity index (χ4n) is 2.42. The number of nitrogens with one attached hydrogen (secondary N) is 1. The zero-order chi connectivity index (χ0) is 17.0. The summed E-state index contributed by atoms with van der Waals surface area (Å²) in [5.41, 5.74) is 2.00. The van der Waals surface area contributed by atoms with Gasteiger partial charge in [0.15, 0.2) is 11.0 Å². The van der Waals surface area contributed by atoms with Gasteiger partial charge in [0, 0.05) is 16.8 Å². The molecule has 2 rings (SSSR count). The molecule has 1 aliphatic rings. The molecule has 6 nitrogen and oxygen atoms in total. The van der Waals surface area contributed by atoms with E-state index in [0.717, 1.165) is 17.3 Å². The molecule has 1 unspecified atom stereocenters. The van der Waals surface area contributed by atoms with Crippen LogP contribution < -0.4 is 10.1 Å². The van der Waals surface area contributed by atoms with Crippen LogP contribution in [-0.2, 0) is 9.59 Å². The summed E-state index contributed by atoms with van der Waals surface area (Å²) in [5.74, 6) is -0.478. The molecule has 1 atom stereocenters. The highest BCUT2D eigenvalue weighted by molar-refractivity contribution is 8.14. The van der Waals surface area contributed by atoms with Gasteiger partial charge in [0.1, 0.15) is 11.8 Å². The van der Waals surface area contributed by atoms with Gasteiger partial charge in [-0.25, -0.2) is 4.99 Å². The smallest absolute Gasteiger partial charge is 0.313 e. The minimum absolute atomic E-state index is 0.0862. The Bertz CT molecular complexity index is 697. The van der Waals surface area contributed by atoms with Crippen LogP contribution in [0.1, 0.15) is 25.5 Å². The van der Waals surface area contributed by atoms with Crippen molar-refractivity contribution in [3.8, 4) is 5.75 Å². The summed E-state index contributed by atoms with van der Waals surface area (Å²) in [4.78, 5) is 27.3. The first-order valence-corrected chi connectivity index (χ1v) is 7.96. The zero-order valence-corrected chi connectivity index (χ0v) is 13.9. The second kappa shape index (κ2) is 7.32. The van der Waals surface area contributed by atoms with Gasteiger partial charge in [0.25, 0.3) is 0 Å². The van der Waals surface area contributed by atoms with Crippen LogP contribution in [0.15, 0.2) is 40.5 Å². The van der Waals surface area contributed by atoms with E-state index in [9.17, 15) is 9.59 Å². The van der Waals surface area contributed by atoms with Gasteiger partial charge >= 0.3 is 5.97 Å². The van der Waals surface area contributed by atoms with Crippen molar-refractivity contribution in [2.24, 2.45) is 4.99 Å². The maximum atomic E-state index is 12.1. The van der Waals surface area contributed by atoms with E-state index in [0.29, 0.717) is 22.2 Å². The number of para-hydroxylation sites is 1. The number of thioether (sulfide) groups is 1. The monoisotopic (exact) mass is 334 g/mol. The Morgan fingerprint density at radius 1 is 1.39 bits per heavy atom. The van der Waals surface area contributed by atoms with E-state index in [2.05, 4.69) is 10.3 Å². The molecule has 0 saturated heterocycles. The highest BCUT2D eigenvalue weighted by Gasteiger charge is 2.29. The summed E-state index contributed by atoms with van der Waals surface area (Å²) in [7, 11) is 1.56. The molecule has 2 N–H and O–H groups in total. The molecule has 1 aromatic rings. The first-order chi connectivity index (χ1) is 10.9. The Labute approximate surface area is 138 Å². The minimum atomic E-state index is -0.924. The van der Waals surface area contributed by atoms with Gasteiger partial charge in [-0.05, 0) is 19.9 Å². The van der Waals surface area contributed by atoms with Crippen molar-refractivity contribution in [2.75, 3.05) is 12.9 Å². The van der Waals surface area contributed by atoms with Crippen LogP contribution in [0.5, 0.6) is 5.75 Å². The Morgan fingerprint density at radius 2 is 2.09 bits per heavy atom. The third-order valence-corrected chi connectivity index (χ3v) is 4.24. The lowest BCUT2D eigenvalue weighted by Gasteiger charge is -2.26. The summed E-state index contributed by atoms with van der Waals surface area (Å²) >= 11 is 1.09. The van der Waals surface area contributed by atoms with Crippen LogP contribution in [0.4, 0.5) is 0 Å². The van der Waals surface area contributed by atoms with Gasteiger partial charge in [0.2, 0.25) is 0 Å². The minimum Gasteiger partial charge on any atom is -0.496 e. The molecule has 1 heterocycles. The standard InChI is InChI=1S/C16H18N2O4S/c1-9-14(10(2)19)15(11-6-4-5-7-12(11)22-3)18-16(17-9)23-8-13(20)21/h4-7,15H,8H2,1-3H3,(H,17,18)(H,20,21). The summed E-state index contributed by atoms with van der Waals surface area (Å²) in [6.45, 7) is 3.28. The summed E-state index contributed by atoms with van der Waals surface area (Å²) in [6.07, 6.45) is 0. The molecular formula is C16H18N2O4S. The number of aliphatic carboxylic acids is 1. The number of hydrogen-bond acceptors (Lipinski definition) is 6. The number of ether oxygens (including phenoxy) is 1. The number of benzene rings is 1. The lowest BCUT2D eigenvalue weighted by molar-refractivity contribution is -0.133. The van der Waals surface area contributed by atoms with Crippen LogP contribution in [0.2, 0.25) is 0 Å². The number of rotatable bonds is 5. The Hall–Kier alpha value is -2.28. The first kappa shape index (κ1) is 17.1. The number of carbonyl (C=O) groups is 2. The van der Waals surface area contributed by atoms with E-state index in [-0.39, 0.29) is 11.5 Å². The number of methoxy groups -OCH3 is 1. The molecule has 122 valence electrons. The number of carboxylic acid groups (broad SMARTS) is 1. The van der Waals surface area contributed by atoms with Gasteiger partial charge in [-0.15, -0.1) is 0 Å². The van der Waals surface area contributed by atoms with Crippen molar-refractivity contribution in [1.29, 1.82) is 0 Å². The van der Waals surface area contributed by atoms with Crippen LogP contribution in [0, 0.1) is 0 Å². The van der Waals surface area contributed by atoms with Gasteiger partial charge in [-0.2, -0.15) is 0 Å². The maximum Gasteiger partial charge on any atom is 0.313 e. The lowest BCUT2D eigenvalue weighted by atomic mass is 9.93. The second-order valence-corrected chi connectivity index (χ2v) is 5.95. The van der Waals surface area contributed by atoms with Crippen molar-refractivity contribution in [1.82, 2.24) is 5.32 Å². The zero-order valence-electron chi connectivity index (χ0n) is 13.1. The van der Waals surface area contributed by atoms with E-state index < -0.39 is 12.0 Å². The largest absolute Gasteiger partial charge is 0.496 e. The molecule has 7 heteroatoms. The van der Waals surface area contributed by atoms with E-state index in [1.54, 1.807) is 14.0 Å². The van der Waals surface area contributed by atoms with Crippen LogP contribution in [-0.4, -0.2) is 34.9 Å². The fraction of sp³-hybridized carbons (Fsp3) is 0.312. The van der Waals surface area contributed by atoms with E-state index in [1.165, 1.54) is 6.92 Å². The predicted octanol–water partition coefficient (Wildman–Crippen LogP) is 2.38. The van der Waals surface area contributed by atoms with Crippen molar-refractivity contribution in [3.05, 3.63) is 41.1 Å². The second-order valence-electron chi connectivity index (χ2n) is 4.98. The Kier molecular flexibility index (Phi) is 5.44. The van der Waals surface area contributed by atoms with Gasteiger partial charge in [-0.3, -0.25) is 9.59 Å². The average Bonchev–Trinajstić information content (AvgIpc) is 2.51. The topological polar surface area (TPSA) is 88.0 Å². The molecule has 1 aliphatic heterocycles. The number of ketones is 1. The molecule has 0 aromatic heterocycles. The number of carboxylic acids is 1. The molecular weight excluding hydrogens is 316 g/mol. The van der Waals surface area contributed by atoms with Crippen molar-refractivity contribution < 1.29 is 19.4 Å². The highest BCUT2D eigenvalue weighted by atomic mass is 32.2.